The number of hydrogen-bond donors (Lipinski definition) is 0. The zero-order chi connectivity index (χ0) is 19.8. The molecule has 2 heterocycles. The van der Waals surface area contributed by atoms with E-state index >= 15 is 0 Å². The Bertz CT molecular complexity index is 1110. The summed E-state index contributed by atoms with van der Waals surface area (Å²) >= 11 is 0. The standard InChI is InChI=1S/C17H11F3N2O4S/c1-26-17-10(9-23)8-22(27(24,25)12-3-2-4-21-7-12)16(17)15-13(19)5-11(18)6-14(15)20/h2-9H,1H3. The second-order valence-corrected chi connectivity index (χ2v) is 7.13. The number of hydrogen-bond acceptors (Lipinski definition) is 5. The van der Waals surface area contributed by atoms with E-state index < -0.39 is 38.7 Å². The zero-order valence-corrected chi connectivity index (χ0v) is 14.5. The van der Waals surface area contributed by atoms with Crippen molar-refractivity contribution in [3.8, 4) is 17.0 Å². The highest BCUT2D eigenvalue weighted by atomic mass is 32.2. The Hall–Kier alpha value is -3.14. The van der Waals surface area contributed by atoms with Crippen molar-refractivity contribution < 1.29 is 31.1 Å². The van der Waals surface area contributed by atoms with Crippen LogP contribution in [0.5, 0.6) is 5.75 Å². The Morgan fingerprint density at radius 1 is 1.19 bits per heavy atom. The fourth-order valence-electron chi connectivity index (χ4n) is 2.58. The predicted octanol–water partition coefficient (Wildman–Crippen LogP) is 3.03. The van der Waals surface area contributed by atoms with Gasteiger partial charge in [-0.15, -0.1) is 0 Å². The van der Waals surface area contributed by atoms with Gasteiger partial charge in [0.2, 0.25) is 0 Å². The molecule has 3 rings (SSSR count). The molecule has 0 saturated carbocycles. The number of pyridine rings is 1. The summed E-state index contributed by atoms with van der Waals surface area (Å²) in [5, 5.41) is 0. The normalized spacial score (nSPS) is 11.4. The minimum atomic E-state index is -4.40. The highest BCUT2D eigenvalue weighted by Crippen LogP contribution is 2.39. The quantitative estimate of drug-likeness (QED) is 0.620. The van der Waals surface area contributed by atoms with Crippen molar-refractivity contribution in [1.82, 2.24) is 8.96 Å². The van der Waals surface area contributed by atoms with Crippen LogP contribution in [-0.2, 0) is 10.0 Å². The highest BCUT2D eigenvalue weighted by Gasteiger charge is 2.30. The van der Waals surface area contributed by atoms with E-state index in [1.54, 1.807) is 0 Å². The molecule has 0 aliphatic carbocycles. The maximum Gasteiger partial charge on any atom is 0.269 e. The minimum Gasteiger partial charge on any atom is -0.494 e. The molecule has 6 nitrogen and oxygen atoms in total. The van der Waals surface area contributed by atoms with Gasteiger partial charge in [-0.3, -0.25) is 9.78 Å². The number of nitrogens with zero attached hydrogens (tertiary/aromatic N) is 2. The molecule has 27 heavy (non-hydrogen) atoms. The van der Waals surface area contributed by atoms with Gasteiger partial charge in [-0.25, -0.2) is 25.6 Å². The number of rotatable bonds is 5. The van der Waals surface area contributed by atoms with Gasteiger partial charge < -0.3 is 4.74 Å². The van der Waals surface area contributed by atoms with Crippen LogP contribution in [0.3, 0.4) is 0 Å². The van der Waals surface area contributed by atoms with Crippen LogP contribution in [0.4, 0.5) is 13.2 Å². The first-order valence-electron chi connectivity index (χ1n) is 7.36. The van der Waals surface area contributed by atoms with Crippen molar-refractivity contribution in [3.05, 3.63) is 65.9 Å². The summed E-state index contributed by atoms with van der Waals surface area (Å²) in [5.74, 6) is -4.27. The zero-order valence-electron chi connectivity index (χ0n) is 13.7. The molecule has 0 amide bonds. The summed E-state index contributed by atoms with van der Waals surface area (Å²) in [6, 6.07) is 3.36. The molecule has 0 radical (unpaired) electrons. The third-order valence-electron chi connectivity index (χ3n) is 3.72. The Balaban J connectivity index is 2.42. The van der Waals surface area contributed by atoms with Crippen molar-refractivity contribution >= 4 is 16.3 Å². The van der Waals surface area contributed by atoms with E-state index in [2.05, 4.69) is 4.98 Å². The second kappa shape index (κ2) is 6.88. The molecule has 0 aliphatic heterocycles. The first-order chi connectivity index (χ1) is 12.8. The van der Waals surface area contributed by atoms with Gasteiger partial charge in [0.1, 0.15) is 28.0 Å². The SMILES string of the molecule is COc1c(C=O)cn(S(=O)(=O)c2cccnc2)c1-c1c(F)cc(F)cc1F. The number of carbonyl (C=O) groups excluding carboxylic acids is 1. The Kier molecular flexibility index (Phi) is 4.75. The second-order valence-electron chi connectivity index (χ2n) is 5.32. The Morgan fingerprint density at radius 3 is 2.37 bits per heavy atom. The fraction of sp³-hybridized carbons (Fsp3) is 0.0588. The summed E-state index contributed by atoms with van der Waals surface area (Å²) in [6.45, 7) is 0. The van der Waals surface area contributed by atoms with Crippen LogP contribution >= 0.6 is 0 Å². The van der Waals surface area contributed by atoms with E-state index in [9.17, 15) is 26.4 Å². The van der Waals surface area contributed by atoms with E-state index in [1.165, 1.54) is 18.3 Å². The van der Waals surface area contributed by atoms with Crippen LogP contribution in [0.25, 0.3) is 11.3 Å². The van der Waals surface area contributed by atoms with Crippen molar-refractivity contribution in [2.75, 3.05) is 7.11 Å². The molecular weight excluding hydrogens is 385 g/mol. The molecule has 140 valence electrons. The van der Waals surface area contributed by atoms with E-state index in [1.807, 2.05) is 0 Å². The average Bonchev–Trinajstić information content (AvgIpc) is 3.00. The van der Waals surface area contributed by atoms with Crippen molar-refractivity contribution in [2.24, 2.45) is 0 Å². The van der Waals surface area contributed by atoms with Gasteiger partial charge in [-0.2, -0.15) is 0 Å². The molecule has 1 aromatic carbocycles. The smallest absolute Gasteiger partial charge is 0.269 e. The van der Waals surface area contributed by atoms with Crippen LogP contribution in [0.2, 0.25) is 0 Å². The number of methoxy groups -OCH3 is 1. The molecule has 0 unspecified atom stereocenters. The maximum atomic E-state index is 14.4. The highest BCUT2D eigenvalue weighted by molar-refractivity contribution is 7.90. The summed E-state index contributed by atoms with van der Waals surface area (Å²) in [7, 11) is -3.29. The molecular formula is C17H11F3N2O4S. The van der Waals surface area contributed by atoms with E-state index in [-0.39, 0.29) is 22.5 Å². The molecule has 0 aliphatic rings. The first-order valence-corrected chi connectivity index (χ1v) is 8.80. The molecule has 0 bridgehead atoms. The summed E-state index contributed by atoms with van der Waals surface area (Å²) in [6.07, 6.45) is 3.51. The monoisotopic (exact) mass is 396 g/mol. The maximum absolute atomic E-state index is 14.4. The Labute approximate surface area is 151 Å². The molecule has 2 aromatic heterocycles. The number of aldehydes is 1. The molecule has 0 atom stereocenters. The lowest BCUT2D eigenvalue weighted by Gasteiger charge is -2.13. The molecule has 0 saturated heterocycles. The molecule has 0 spiro atoms. The lowest BCUT2D eigenvalue weighted by molar-refractivity contribution is 0.112. The number of benzene rings is 1. The van der Waals surface area contributed by atoms with Gasteiger partial charge in [0.05, 0.1) is 18.2 Å². The molecule has 3 aromatic rings. The van der Waals surface area contributed by atoms with Gasteiger partial charge in [0.15, 0.2) is 12.0 Å². The van der Waals surface area contributed by atoms with Gasteiger partial charge in [-0.05, 0) is 12.1 Å². The molecule has 10 heteroatoms. The lowest BCUT2D eigenvalue weighted by atomic mass is 10.1. The van der Waals surface area contributed by atoms with E-state index in [4.69, 9.17) is 4.74 Å². The van der Waals surface area contributed by atoms with Crippen LogP contribution in [0.1, 0.15) is 10.4 Å². The van der Waals surface area contributed by atoms with Crippen LogP contribution in [0.15, 0.2) is 47.8 Å². The Morgan fingerprint density at radius 2 is 1.85 bits per heavy atom. The lowest BCUT2D eigenvalue weighted by Crippen LogP contribution is -2.14. The average molecular weight is 396 g/mol. The minimum absolute atomic E-state index is 0.261. The van der Waals surface area contributed by atoms with Gasteiger partial charge in [-0.1, -0.05) is 0 Å². The van der Waals surface area contributed by atoms with Crippen molar-refractivity contribution in [3.63, 3.8) is 0 Å². The fourth-order valence-corrected chi connectivity index (χ4v) is 3.92. The summed E-state index contributed by atoms with van der Waals surface area (Å²) in [5.41, 5.74) is -1.70. The predicted molar refractivity (Wildman–Crippen MR) is 88.5 cm³/mol. The number of halogens is 3. The van der Waals surface area contributed by atoms with Gasteiger partial charge in [0, 0.05) is 30.7 Å². The van der Waals surface area contributed by atoms with Gasteiger partial charge in [0.25, 0.3) is 10.0 Å². The summed E-state index contributed by atoms with van der Waals surface area (Å²) in [4.78, 5) is 14.7. The van der Waals surface area contributed by atoms with Crippen molar-refractivity contribution in [2.45, 2.75) is 4.90 Å². The van der Waals surface area contributed by atoms with Crippen molar-refractivity contribution in [1.29, 1.82) is 0 Å². The molecule has 0 fully saturated rings. The van der Waals surface area contributed by atoms with E-state index in [0.717, 1.165) is 19.5 Å². The van der Waals surface area contributed by atoms with Crippen LogP contribution in [0, 0.1) is 17.5 Å². The summed E-state index contributed by atoms with van der Waals surface area (Å²) < 4.78 is 73.4. The number of ether oxygens (including phenoxy) is 1. The number of aromatic nitrogens is 2. The molecule has 0 N–H and O–H groups in total. The van der Waals surface area contributed by atoms with E-state index in [0.29, 0.717) is 16.1 Å². The first kappa shape index (κ1) is 18.6. The topological polar surface area (TPSA) is 78.3 Å². The third kappa shape index (κ3) is 3.08. The van der Waals surface area contributed by atoms with Gasteiger partial charge >= 0.3 is 0 Å². The number of carbonyl (C=O) groups is 1. The van der Waals surface area contributed by atoms with Crippen LogP contribution in [-0.4, -0.2) is 30.8 Å². The third-order valence-corrected chi connectivity index (χ3v) is 5.36. The van der Waals surface area contributed by atoms with Crippen LogP contribution < -0.4 is 4.74 Å². The largest absolute Gasteiger partial charge is 0.494 e.